The molecular formula is C7H8N4O. The number of aromatic nitrogens is 3. The van der Waals surface area contributed by atoms with E-state index in [0.717, 1.165) is 0 Å². The first-order valence-corrected chi connectivity index (χ1v) is 3.45. The average molecular weight is 164 g/mol. The highest BCUT2D eigenvalue weighted by molar-refractivity contribution is 5.97. The van der Waals surface area contributed by atoms with E-state index in [9.17, 15) is 4.79 Å². The molecule has 0 saturated heterocycles. The van der Waals surface area contributed by atoms with Gasteiger partial charge >= 0.3 is 0 Å². The van der Waals surface area contributed by atoms with E-state index in [1.165, 1.54) is 17.8 Å². The Balaban J connectivity index is 2.87. The van der Waals surface area contributed by atoms with Gasteiger partial charge in [0.25, 0.3) is 0 Å². The summed E-state index contributed by atoms with van der Waals surface area (Å²) in [5.74, 6) is -0.938. The SMILES string of the molecule is CC(C#N)C(=O)c1cn(C)nn1. The Morgan fingerprint density at radius 2 is 2.50 bits per heavy atom. The number of nitrogens with zero attached hydrogens (tertiary/aromatic N) is 4. The van der Waals surface area contributed by atoms with Crippen LogP contribution in [0, 0.1) is 17.2 Å². The molecule has 0 aliphatic rings. The van der Waals surface area contributed by atoms with Gasteiger partial charge in [-0.05, 0) is 6.92 Å². The Hall–Kier alpha value is -1.70. The number of carbonyl (C=O) groups is 1. The molecule has 1 atom stereocenters. The first kappa shape index (κ1) is 8.40. The zero-order valence-electron chi connectivity index (χ0n) is 6.85. The number of nitriles is 1. The van der Waals surface area contributed by atoms with Gasteiger partial charge in [0, 0.05) is 7.05 Å². The Labute approximate surface area is 69.6 Å². The summed E-state index contributed by atoms with van der Waals surface area (Å²) in [4.78, 5) is 11.3. The molecule has 62 valence electrons. The standard InChI is InChI=1S/C7H8N4O/c1-5(3-8)7(12)6-4-11(2)10-9-6/h4-5H,1-2H3. The minimum absolute atomic E-state index is 0.242. The predicted molar refractivity (Wildman–Crippen MR) is 40.1 cm³/mol. The van der Waals surface area contributed by atoms with Crippen LogP contribution in [0.4, 0.5) is 0 Å². The second-order valence-electron chi connectivity index (χ2n) is 2.49. The van der Waals surface area contributed by atoms with Crippen LogP contribution in [-0.2, 0) is 7.05 Å². The molecule has 0 spiro atoms. The fraction of sp³-hybridized carbons (Fsp3) is 0.429. The van der Waals surface area contributed by atoms with E-state index in [-0.39, 0.29) is 11.5 Å². The third kappa shape index (κ3) is 1.48. The van der Waals surface area contributed by atoms with Crippen molar-refractivity contribution in [3.05, 3.63) is 11.9 Å². The van der Waals surface area contributed by atoms with E-state index in [2.05, 4.69) is 10.3 Å². The fourth-order valence-electron chi connectivity index (χ4n) is 0.741. The van der Waals surface area contributed by atoms with Crippen molar-refractivity contribution in [3.8, 4) is 6.07 Å². The fourth-order valence-corrected chi connectivity index (χ4v) is 0.741. The second kappa shape index (κ2) is 3.13. The monoisotopic (exact) mass is 164 g/mol. The number of hydrogen-bond donors (Lipinski definition) is 0. The summed E-state index contributed by atoms with van der Waals surface area (Å²) >= 11 is 0. The smallest absolute Gasteiger partial charge is 0.201 e. The van der Waals surface area contributed by atoms with Crippen molar-refractivity contribution in [1.82, 2.24) is 15.0 Å². The molecule has 5 heteroatoms. The van der Waals surface area contributed by atoms with E-state index >= 15 is 0 Å². The zero-order chi connectivity index (χ0) is 9.14. The Morgan fingerprint density at radius 1 is 1.83 bits per heavy atom. The molecule has 1 aromatic heterocycles. The number of aryl methyl sites for hydroxylation is 1. The van der Waals surface area contributed by atoms with Crippen LogP contribution in [0.3, 0.4) is 0 Å². The van der Waals surface area contributed by atoms with Crippen molar-refractivity contribution in [1.29, 1.82) is 5.26 Å². The van der Waals surface area contributed by atoms with E-state index in [1.807, 2.05) is 6.07 Å². The minimum atomic E-state index is -0.651. The molecule has 0 N–H and O–H groups in total. The maximum Gasteiger partial charge on any atom is 0.201 e. The van der Waals surface area contributed by atoms with Gasteiger partial charge < -0.3 is 0 Å². The summed E-state index contributed by atoms with van der Waals surface area (Å²) in [6.07, 6.45) is 1.50. The molecule has 1 heterocycles. The molecule has 1 aromatic rings. The van der Waals surface area contributed by atoms with Gasteiger partial charge in [0.15, 0.2) is 0 Å². The molecule has 0 amide bonds. The van der Waals surface area contributed by atoms with Crippen molar-refractivity contribution in [2.75, 3.05) is 0 Å². The van der Waals surface area contributed by atoms with Crippen LogP contribution < -0.4 is 0 Å². The van der Waals surface area contributed by atoms with Crippen molar-refractivity contribution in [2.45, 2.75) is 6.92 Å². The van der Waals surface area contributed by atoms with Crippen LogP contribution in [0.15, 0.2) is 6.20 Å². The third-order valence-electron chi connectivity index (χ3n) is 1.44. The molecule has 1 rings (SSSR count). The van der Waals surface area contributed by atoms with Crippen LogP contribution >= 0.6 is 0 Å². The second-order valence-corrected chi connectivity index (χ2v) is 2.49. The Morgan fingerprint density at radius 3 is 2.92 bits per heavy atom. The van der Waals surface area contributed by atoms with Gasteiger partial charge in [-0.3, -0.25) is 9.48 Å². The Kier molecular flexibility index (Phi) is 2.19. The van der Waals surface area contributed by atoms with Crippen LogP contribution in [-0.4, -0.2) is 20.8 Å². The lowest BCUT2D eigenvalue weighted by Crippen LogP contribution is -2.09. The van der Waals surface area contributed by atoms with Crippen LogP contribution in [0.1, 0.15) is 17.4 Å². The topological polar surface area (TPSA) is 71.6 Å². The van der Waals surface area contributed by atoms with Gasteiger partial charge in [0.1, 0.15) is 11.6 Å². The molecule has 0 aliphatic heterocycles. The molecule has 0 fully saturated rings. The average Bonchev–Trinajstić information content (AvgIpc) is 2.49. The molecule has 0 aliphatic carbocycles. The van der Waals surface area contributed by atoms with Crippen molar-refractivity contribution in [3.63, 3.8) is 0 Å². The normalized spacial score (nSPS) is 12.1. The molecule has 0 saturated carbocycles. The minimum Gasteiger partial charge on any atom is -0.291 e. The number of carbonyl (C=O) groups excluding carboxylic acids is 1. The lowest BCUT2D eigenvalue weighted by molar-refractivity contribution is 0.0951. The van der Waals surface area contributed by atoms with E-state index in [0.29, 0.717) is 0 Å². The van der Waals surface area contributed by atoms with Crippen molar-refractivity contribution >= 4 is 5.78 Å². The van der Waals surface area contributed by atoms with E-state index < -0.39 is 5.92 Å². The van der Waals surface area contributed by atoms with Gasteiger partial charge in [0.05, 0.1) is 12.3 Å². The molecule has 0 aromatic carbocycles. The molecule has 5 nitrogen and oxygen atoms in total. The molecule has 0 radical (unpaired) electrons. The number of Topliss-reactive ketones (excluding diaryl/α,β-unsaturated/α-hetero) is 1. The van der Waals surface area contributed by atoms with Gasteiger partial charge in [0.2, 0.25) is 5.78 Å². The van der Waals surface area contributed by atoms with E-state index in [1.54, 1.807) is 7.05 Å². The summed E-state index contributed by atoms with van der Waals surface area (Å²) in [7, 11) is 1.67. The summed E-state index contributed by atoms with van der Waals surface area (Å²) in [6.45, 7) is 1.54. The quantitative estimate of drug-likeness (QED) is 0.583. The first-order valence-electron chi connectivity index (χ1n) is 3.45. The number of hydrogen-bond acceptors (Lipinski definition) is 4. The summed E-state index contributed by atoms with van der Waals surface area (Å²) in [5, 5.41) is 15.6. The highest BCUT2D eigenvalue weighted by atomic mass is 16.1. The van der Waals surface area contributed by atoms with Gasteiger partial charge in [-0.1, -0.05) is 5.21 Å². The van der Waals surface area contributed by atoms with Gasteiger partial charge in [-0.15, -0.1) is 5.10 Å². The summed E-state index contributed by atoms with van der Waals surface area (Å²) in [6, 6.07) is 1.85. The maximum absolute atomic E-state index is 11.3. The number of ketones is 1. The zero-order valence-corrected chi connectivity index (χ0v) is 6.85. The highest BCUT2D eigenvalue weighted by Gasteiger charge is 2.16. The third-order valence-corrected chi connectivity index (χ3v) is 1.44. The van der Waals surface area contributed by atoms with Crippen molar-refractivity contribution < 1.29 is 4.79 Å². The lowest BCUT2D eigenvalue weighted by atomic mass is 10.1. The van der Waals surface area contributed by atoms with Gasteiger partial charge in [-0.2, -0.15) is 5.26 Å². The largest absolute Gasteiger partial charge is 0.291 e. The summed E-state index contributed by atoms with van der Waals surface area (Å²) in [5.41, 5.74) is 0.242. The van der Waals surface area contributed by atoms with Crippen molar-refractivity contribution in [2.24, 2.45) is 13.0 Å². The Bertz CT molecular complexity index is 335. The van der Waals surface area contributed by atoms with Crippen LogP contribution in [0.5, 0.6) is 0 Å². The molecular weight excluding hydrogens is 156 g/mol. The van der Waals surface area contributed by atoms with Crippen LogP contribution in [0.25, 0.3) is 0 Å². The lowest BCUT2D eigenvalue weighted by Gasteiger charge is -1.94. The molecule has 1 unspecified atom stereocenters. The highest BCUT2D eigenvalue weighted by Crippen LogP contribution is 2.03. The van der Waals surface area contributed by atoms with Gasteiger partial charge in [-0.25, -0.2) is 0 Å². The summed E-state index contributed by atoms with van der Waals surface area (Å²) < 4.78 is 1.43. The first-order chi connectivity index (χ1) is 5.65. The van der Waals surface area contributed by atoms with E-state index in [4.69, 9.17) is 5.26 Å². The predicted octanol–water partition coefficient (Wildman–Crippen LogP) is 0.157. The molecule has 12 heavy (non-hydrogen) atoms. The number of rotatable bonds is 2. The molecule has 0 bridgehead atoms. The maximum atomic E-state index is 11.3. The van der Waals surface area contributed by atoms with Crippen LogP contribution in [0.2, 0.25) is 0 Å².